The van der Waals surface area contributed by atoms with Gasteiger partial charge in [-0.2, -0.15) is 0 Å². The number of carbonyl (C=O) groups excluding carboxylic acids is 2. The van der Waals surface area contributed by atoms with Gasteiger partial charge in [-0.3, -0.25) is 19.4 Å². The SMILES string of the molecule is Cc1cccc(N2CCN(CC(=O)N3c4ccccc4NC(=O)C3(C)C)CC2)c1C. The lowest BCUT2D eigenvalue weighted by Crippen LogP contribution is -2.61. The molecule has 0 aromatic heterocycles. The first kappa shape index (κ1) is 20.4. The Bertz CT molecular complexity index is 977. The Balaban J connectivity index is 1.46. The van der Waals surface area contributed by atoms with E-state index in [1.54, 1.807) is 18.7 Å². The number of hydrogen-bond acceptors (Lipinski definition) is 4. The molecule has 2 aliphatic rings. The van der Waals surface area contributed by atoms with Gasteiger partial charge in [0.1, 0.15) is 5.54 Å². The van der Waals surface area contributed by atoms with E-state index in [2.05, 4.69) is 47.2 Å². The molecule has 2 aliphatic heterocycles. The lowest BCUT2D eigenvalue weighted by molar-refractivity contribution is -0.127. The lowest BCUT2D eigenvalue weighted by Gasteiger charge is -2.43. The second-order valence-electron chi connectivity index (χ2n) is 8.74. The summed E-state index contributed by atoms with van der Waals surface area (Å²) in [6.07, 6.45) is 0. The van der Waals surface area contributed by atoms with Gasteiger partial charge in [0.05, 0.1) is 17.9 Å². The number of carbonyl (C=O) groups is 2. The minimum atomic E-state index is -0.925. The highest BCUT2D eigenvalue weighted by Crippen LogP contribution is 2.36. The van der Waals surface area contributed by atoms with Crippen LogP contribution >= 0.6 is 0 Å². The number of piperazine rings is 1. The molecule has 30 heavy (non-hydrogen) atoms. The Labute approximate surface area is 178 Å². The zero-order valence-electron chi connectivity index (χ0n) is 18.2. The van der Waals surface area contributed by atoms with Crippen molar-refractivity contribution in [2.45, 2.75) is 33.2 Å². The average Bonchev–Trinajstić information content (AvgIpc) is 2.71. The van der Waals surface area contributed by atoms with Crippen molar-refractivity contribution in [1.82, 2.24) is 4.90 Å². The van der Waals surface area contributed by atoms with Crippen molar-refractivity contribution in [3.05, 3.63) is 53.6 Å². The number of nitrogens with zero attached hydrogens (tertiary/aromatic N) is 3. The number of aryl methyl sites for hydroxylation is 1. The highest BCUT2D eigenvalue weighted by Gasteiger charge is 2.43. The Morgan fingerprint density at radius 3 is 2.37 bits per heavy atom. The van der Waals surface area contributed by atoms with Crippen LogP contribution in [0.15, 0.2) is 42.5 Å². The Morgan fingerprint density at radius 2 is 1.63 bits per heavy atom. The van der Waals surface area contributed by atoms with Crippen LogP contribution in [0.1, 0.15) is 25.0 Å². The third kappa shape index (κ3) is 3.56. The number of para-hydroxylation sites is 2. The number of rotatable bonds is 3. The molecule has 1 fully saturated rings. The molecule has 0 aliphatic carbocycles. The maximum Gasteiger partial charge on any atom is 0.250 e. The monoisotopic (exact) mass is 406 g/mol. The molecule has 2 amide bonds. The molecule has 4 rings (SSSR count). The van der Waals surface area contributed by atoms with Crippen LogP contribution in [0.3, 0.4) is 0 Å². The third-order valence-corrected chi connectivity index (χ3v) is 6.41. The number of amides is 2. The normalized spacial score (nSPS) is 18.7. The van der Waals surface area contributed by atoms with Crippen LogP contribution in [0.5, 0.6) is 0 Å². The van der Waals surface area contributed by atoms with Gasteiger partial charge in [-0.25, -0.2) is 0 Å². The van der Waals surface area contributed by atoms with E-state index in [1.165, 1.54) is 16.8 Å². The molecule has 0 spiro atoms. The average molecular weight is 407 g/mol. The van der Waals surface area contributed by atoms with Crippen molar-refractivity contribution in [3.8, 4) is 0 Å². The quantitative estimate of drug-likeness (QED) is 0.851. The number of hydrogen-bond donors (Lipinski definition) is 1. The number of benzene rings is 2. The summed E-state index contributed by atoms with van der Waals surface area (Å²) in [4.78, 5) is 32.2. The summed E-state index contributed by atoms with van der Waals surface area (Å²) in [7, 11) is 0. The minimum absolute atomic E-state index is 0.0394. The topological polar surface area (TPSA) is 55.9 Å². The molecule has 0 bridgehead atoms. The zero-order chi connectivity index (χ0) is 21.5. The highest BCUT2D eigenvalue weighted by atomic mass is 16.2. The first-order valence-corrected chi connectivity index (χ1v) is 10.6. The van der Waals surface area contributed by atoms with Crippen molar-refractivity contribution < 1.29 is 9.59 Å². The van der Waals surface area contributed by atoms with Crippen LogP contribution in [0.2, 0.25) is 0 Å². The predicted octanol–water partition coefficient (Wildman–Crippen LogP) is 3.19. The highest BCUT2D eigenvalue weighted by molar-refractivity contribution is 6.14. The maximum atomic E-state index is 13.3. The molecule has 2 aromatic rings. The van der Waals surface area contributed by atoms with Crippen molar-refractivity contribution in [2.24, 2.45) is 0 Å². The van der Waals surface area contributed by atoms with Crippen LogP contribution in [0.4, 0.5) is 17.1 Å². The second-order valence-corrected chi connectivity index (χ2v) is 8.74. The molecule has 1 N–H and O–H groups in total. The molecule has 1 saturated heterocycles. The van der Waals surface area contributed by atoms with Gasteiger partial charge in [0.25, 0.3) is 0 Å². The van der Waals surface area contributed by atoms with E-state index in [4.69, 9.17) is 0 Å². The van der Waals surface area contributed by atoms with Crippen LogP contribution in [-0.4, -0.2) is 55.0 Å². The van der Waals surface area contributed by atoms with E-state index < -0.39 is 5.54 Å². The summed E-state index contributed by atoms with van der Waals surface area (Å²) in [5.74, 6) is -0.197. The van der Waals surface area contributed by atoms with E-state index in [1.807, 2.05) is 24.3 Å². The fraction of sp³-hybridized carbons (Fsp3) is 0.417. The van der Waals surface area contributed by atoms with Gasteiger partial charge >= 0.3 is 0 Å². The van der Waals surface area contributed by atoms with Crippen LogP contribution < -0.4 is 15.1 Å². The number of fused-ring (bicyclic) bond motifs is 1. The molecule has 158 valence electrons. The second kappa shape index (κ2) is 7.76. The lowest BCUT2D eigenvalue weighted by atomic mass is 9.96. The van der Waals surface area contributed by atoms with E-state index >= 15 is 0 Å². The van der Waals surface area contributed by atoms with E-state index in [-0.39, 0.29) is 11.8 Å². The first-order chi connectivity index (χ1) is 14.3. The molecule has 6 heteroatoms. The fourth-order valence-corrected chi connectivity index (χ4v) is 4.39. The van der Waals surface area contributed by atoms with Gasteiger partial charge in [-0.05, 0) is 57.0 Å². The van der Waals surface area contributed by atoms with Crippen molar-refractivity contribution in [3.63, 3.8) is 0 Å². The zero-order valence-corrected chi connectivity index (χ0v) is 18.2. The van der Waals surface area contributed by atoms with Gasteiger partial charge < -0.3 is 10.2 Å². The van der Waals surface area contributed by atoms with E-state index in [9.17, 15) is 9.59 Å². The standard InChI is InChI=1S/C24H30N4O2/c1-17-8-7-11-20(18(17)2)27-14-12-26(13-15-27)16-22(29)28-21-10-6-5-9-19(21)25-23(30)24(28,3)4/h5-11H,12-16H2,1-4H3,(H,25,30). The molecule has 2 heterocycles. The molecular formula is C24H30N4O2. The van der Waals surface area contributed by atoms with E-state index in [0.717, 1.165) is 31.9 Å². The van der Waals surface area contributed by atoms with Crippen LogP contribution in [0, 0.1) is 13.8 Å². The van der Waals surface area contributed by atoms with Gasteiger partial charge in [0.2, 0.25) is 11.8 Å². The fourth-order valence-electron chi connectivity index (χ4n) is 4.39. The van der Waals surface area contributed by atoms with Crippen LogP contribution in [-0.2, 0) is 9.59 Å². The summed E-state index contributed by atoms with van der Waals surface area (Å²) in [5, 5.41) is 2.92. The summed E-state index contributed by atoms with van der Waals surface area (Å²) < 4.78 is 0. The van der Waals surface area contributed by atoms with E-state index in [0.29, 0.717) is 12.2 Å². The first-order valence-electron chi connectivity index (χ1n) is 10.6. The Morgan fingerprint density at radius 1 is 0.967 bits per heavy atom. The summed E-state index contributed by atoms with van der Waals surface area (Å²) in [6, 6.07) is 13.9. The summed E-state index contributed by atoms with van der Waals surface area (Å²) >= 11 is 0. The Hall–Kier alpha value is -2.86. The largest absolute Gasteiger partial charge is 0.369 e. The molecule has 0 radical (unpaired) electrons. The van der Waals surface area contributed by atoms with Gasteiger partial charge in [0.15, 0.2) is 0 Å². The molecule has 0 atom stereocenters. The van der Waals surface area contributed by atoms with Gasteiger partial charge in [0, 0.05) is 31.9 Å². The van der Waals surface area contributed by atoms with Crippen molar-refractivity contribution in [1.29, 1.82) is 0 Å². The number of nitrogens with one attached hydrogen (secondary N) is 1. The van der Waals surface area contributed by atoms with Crippen molar-refractivity contribution >= 4 is 28.9 Å². The molecule has 2 aromatic carbocycles. The molecule has 0 unspecified atom stereocenters. The molecule has 0 saturated carbocycles. The van der Waals surface area contributed by atoms with Gasteiger partial charge in [-0.1, -0.05) is 24.3 Å². The minimum Gasteiger partial charge on any atom is -0.369 e. The maximum absolute atomic E-state index is 13.3. The smallest absolute Gasteiger partial charge is 0.250 e. The predicted molar refractivity (Wildman–Crippen MR) is 121 cm³/mol. The summed E-state index contributed by atoms with van der Waals surface area (Å²) in [6.45, 7) is 11.6. The van der Waals surface area contributed by atoms with Crippen LogP contribution in [0.25, 0.3) is 0 Å². The number of anilines is 3. The third-order valence-electron chi connectivity index (χ3n) is 6.41. The molecule has 6 nitrogen and oxygen atoms in total. The molecular weight excluding hydrogens is 376 g/mol. The van der Waals surface area contributed by atoms with Gasteiger partial charge in [-0.15, -0.1) is 0 Å². The summed E-state index contributed by atoms with van der Waals surface area (Å²) in [5.41, 5.74) is 4.43. The van der Waals surface area contributed by atoms with Crippen molar-refractivity contribution in [2.75, 3.05) is 47.8 Å². The Kier molecular flexibility index (Phi) is 5.28.